The first-order chi connectivity index (χ1) is 13.5. The Morgan fingerprint density at radius 3 is 2.96 bits per heavy atom. The number of anilines is 1. The Bertz CT molecular complexity index is 837. The molecule has 1 fully saturated rings. The van der Waals surface area contributed by atoms with Crippen LogP contribution in [0.25, 0.3) is 0 Å². The lowest BCUT2D eigenvalue weighted by atomic mass is 10.0. The zero-order valence-corrected chi connectivity index (χ0v) is 15.6. The highest BCUT2D eigenvalue weighted by Gasteiger charge is 2.50. The van der Waals surface area contributed by atoms with Gasteiger partial charge in [-0.3, -0.25) is 19.3 Å². The summed E-state index contributed by atoms with van der Waals surface area (Å²) in [5.41, 5.74) is 6.10. The number of carbonyl (C=O) groups excluding carboxylic acids is 4. The van der Waals surface area contributed by atoms with Crippen molar-refractivity contribution in [2.45, 2.75) is 30.9 Å². The summed E-state index contributed by atoms with van der Waals surface area (Å²) in [6.07, 6.45) is 2.71. The molecule has 1 aromatic heterocycles. The van der Waals surface area contributed by atoms with Crippen molar-refractivity contribution in [2.75, 3.05) is 17.7 Å². The van der Waals surface area contributed by atoms with Gasteiger partial charge in [0.25, 0.3) is 6.47 Å². The third-order valence-corrected chi connectivity index (χ3v) is 5.89. The number of nitrogens with two attached hydrogens (primary N) is 1. The Balaban J connectivity index is 1.87. The molecule has 1 aromatic rings. The monoisotopic (exact) mass is 409 g/mol. The van der Waals surface area contributed by atoms with Crippen molar-refractivity contribution in [2.24, 2.45) is 5.73 Å². The van der Waals surface area contributed by atoms with E-state index in [4.69, 9.17) is 5.73 Å². The molecule has 0 aromatic carbocycles. The summed E-state index contributed by atoms with van der Waals surface area (Å²) in [6.45, 7) is 1.15. The highest BCUT2D eigenvalue weighted by Crippen LogP contribution is 2.39. The standard InChI is InChI=1S/C16H19N5O6S/c17-12-14(24)21-13(16(25)26)10(7-28-15(12)21)6-19-4-2-11(18-8-22)20(19)3-1-5-27-9-23/h2,4,8-9,12,15H,1,3,5-7,17H2,(H,25,26)/t12-,15-/m1/s1. The number of β-lactam (4-membered cyclic amide) rings is 1. The Kier molecular flexibility index (Phi) is 5.99. The summed E-state index contributed by atoms with van der Waals surface area (Å²) in [5.74, 6) is -0.984. The molecule has 2 atom stereocenters. The second kappa shape index (κ2) is 8.44. The summed E-state index contributed by atoms with van der Waals surface area (Å²) >= 11 is 1.40. The van der Waals surface area contributed by atoms with Gasteiger partial charge in [0.05, 0.1) is 30.9 Å². The average Bonchev–Trinajstić information content (AvgIpc) is 3.05. The maximum absolute atomic E-state index is 12.0. The van der Waals surface area contributed by atoms with Gasteiger partial charge in [-0.25, -0.2) is 0 Å². The first-order valence-electron chi connectivity index (χ1n) is 8.48. The Labute approximate surface area is 164 Å². The van der Waals surface area contributed by atoms with Gasteiger partial charge in [-0.2, -0.15) is 0 Å². The van der Waals surface area contributed by atoms with Gasteiger partial charge in [0.15, 0.2) is 18.6 Å². The average molecular weight is 409 g/mol. The lowest BCUT2D eigenvalue weighted by molar-refractivity contribution is -0.767. The maximum Gasteiger partial charge on any atom is 0.293 e. The molecule has 0 bridgehead atoms. The van der Waals surface area contributed by atoms with E-state index in [9.17, 15) is 24.3 Å². The van der Waals surface area contributed by atoms with E-state index in [-0.39, 0.29) is 18.8 Å². The third kappa shape index (κ3) is 3.60. The summed E-state index contributed by atoms with van der Waals surface area (Å²) in [7, 11) is 0. The zero-order valence-electron chi connectivity index (χ0n) is 14.8. The van der Waals surface area contributed by atoms with Gasteiger partial charge in [-0.05, 0) is 0 Å². The van der Waals surface area contributed by atoms with Crippen LogP contribution in [0.2, 0.25) is 0 Å². The maximum atomic E-state index is 12.0. The SMILES string of the molecule is N[C@@H]1C(=O)N2C(C(=O)[O-])=C(C[n+]3ccc(NC=O)n3CCCOC=O)CS[C@H]12. The number of nitrogens with zero attached hydrogens (tertiary/aromatic N) is 3. The van der Waals surface area contributed by atoms with Crippen LogP contribution in [0, 0.1) is 0 Å². The number of aromatic nitrogens is 2. The number of hydrogen-bond acceptors (Lipinski definition) is 8. The number of hydrogen-bond donors (Lipinski definition) is 2. The molecule has 3 rings (SSSR count). The van der Waals surface area contributed by atoms with E-state index in [0.29, 0.717) is 43.0 Å². The van der Waals surface area contributed by atoms with Crippen LogP contribution >= 0.6 is 11.8 Å². The number of ether oxygens (including phenoxy) is 1. The van der Waals surface area contributed by atoms with Crippen molar-refractivity contribution in [1.82, 2.24) is 9.58 Å². The fraction of sp³-hybridized carbons (Fsp3) is 0.438. The first kappa shape index (κ1) is 19.9. The molecule has 3 N–H and O–H groups in total. The molecule has 2 aliphatic heterocycles. The molecule has 1 saturated heterocycles. The minimum atomic E-state index is -1.43. The van der Waals surface area contributed by atoms with Gasteiger partial charge in [0.1, 0.15) is 11.4 Å². The van der Waals surface area contributed by atoms with Crippen molar-refractivity contribution < 1.29 is 33.7 Å². The van der Waals surface area contributed by atoms with Crippen LogP contribution in [0.4, 0.5) is 5.82 Å². The smallest absolute Gasteiger partial charge is 0.293 e. The van der Waals surface area contributed by atoms with Crippen molar-refractivity contribution in [3.63, 3.8) is 0 Å². The molecule has 2 amide bonds. The number of thioether (sulfide) groups is 1. The Morgan fingerprint density at radius 2 is 2.29 bits per heavy atom. The summed E-state index contributed by atoms with van der Waals surface area (Å²) < 4.78 is 8.12. The highest BCUT2D eigenvalue weighted by atomic mass is 32.2. The topological polar surface area (TPSA) is 151 Å². The minimum Gasteiger partial charge on any atom is -0.543 e. The molecular formula is C16H19N5O6S. The third-order valence-electron chi connectivity index (χ3n) is 4.53. The van der Waals surface area contributed by atoms with Crippen LogP contribution in [-0.2, 0) is 37.0 Å². The Hall–Kier alpha value is -2.86. The molecule has 150 valence electrons. The number of amides is 2. The van der Waals surface area contributed by atoms with Gasteiger partial charge in [-0.15, -0.1) is 21.1 Å². The number of carboxylic acids is 1. The summed E-state index contributed by atoms with van der Waals surface area (Å²) in [4.78, 5) is 46.0. The predicted molar refractivity (Wildman–Crippen MR) is 94.0 cm³/mol. The van der Waals surface area contributed by atoms with Crippen LogP contribution in [0.5, 0.6) is 0 Å². The Morgan fingerprint density at radius 1 is 1.50 bits per heavy atom. The highest BCUT2D eigenvalue weighted by molar-refractivity contribution is 8.00. The minimum absolute atomic E-state index is 0.148. The van der Waals surface area contributed by atoms with Crippen molar-refractivity contribution in [3.05, 3.63) is 23.5 Å². The van der Waals surface area contributed by atoms with Gasteiger partial charge in [0.2, 0.25) is 12.3 Å². The normalized spacial score (nSPS) is 21.0. The van der Waals surface area contributed by atoms with E-state index >= 15 is 0 Å². The fourth-order valence-electron chi connectivity index (χ4n) is 3.26. The number of aliphatic carboxylic acids is 1. The fourth-order valence-corrected chi connectivity index (χ4v) is 4.54. The number of rotatable bonds is 10. The molecule has 0 spiro atoms. The van der Waals surface area contributed by atoms with E-state index in [0.717, 1.165) is 0 Å². The molecule has 0 radical (unpaired) electrons. The molecule has 0 aliphatic carbocycles. The van der Waals surface area contributed by atoms with E-state index < -0.39 is 23.3 Å². The van der Waals surface area contributed by atoms with Crippen molar-refractivity contribution in [1.29, 1.82) is 0 Å². The van der Waals surface area contributed by atoms with E-state index in [1.165, 1.54) is 16.7 Å². The predicted octanol–water partition coefficient (Wildman–Crippen LogP) is -2.85. The molecule has 11 nitrogen and oxygen atoms in total. The molecule has 3 heterocycles. The number of nitrogens with one attached hydrogen (secondary N) is 1. The quantitative estimate of drug-likeness (QED) is 0.181. The molecule has 28 heavy (non-hydrogen) atoms. The summed E-state index contributed by atoms with van der Waals surface area (Å²) in [6, 6.07) is 0.955. The van der Waals surface area contributed by atoms with Gasteiger partial charge in [-0.1, -0.05) is 0 Å². The van der Waals surface area contributed by atoms with Gasteiger partial charge in [0, 0.05) is 17.7 Å². The second-order valence-corrected chi connectivity index (χ2v) is 7.28. The van der Waals surface area contributed by atoms with E-state index in [1.54, 1.807) is 21.6 Å². The lowest BCUT2D eigenvalue weighted by Crippen LogP contribution is -2.69. The van der Waals surface area contributed by atoms with E-state index in [1.807, 2.05) is 0 Å². The zero-order chi connectivity index (χ0) is 20.3. The molecule has 0 unspecified atom stereocenters. The number of carbonyl (C=O) groups is 4. The molecular weight excluding hydrogens is 390 g/mol. The largest absolute Gasteiger partial charge is 0.543 e. The van der Waals surface area contributed by atoms with Crippen LogP contribution in [0.15, 0.2) is 23.5 Å². The molecule has 12 heteroatoms. The van der Waals surface area contributed by atoms with Gasteiger partial charge < -0.3 is 25.7 Å². The number of fused-ring (bicyclic) bond motifs is 1. The van der Waals surface area contributed by atoms with Gasteiger partial charge >= 0.3 is 0 Å². The van der Waals surface area contributed by atoms with Crippen LogP contribution in [0.3, 0.4) is 0 Å². The van der Waals surface area contributed by atoms with Crippen LogP contribution in [-0.4, -0.2) is 58.1 Å². The number of carboxylic acid groups (broad SMARTS) is 1. The van der Waals surface area contributed by atoms with Crippen molar-refractivity contribution in [3.8, 4) is 0 Å². The molecule has 0 saturated carbocycles. The summed E-state index contributed by atoms with van der Waals surface area (Å²) in [5, 5.41) is 13.9. The van der Waals surface area contributed by atoms with Crippen molar-refractivity contribution >= 4 is 42.3 Å². The first-order valence-corrected chi connectivity index (χ1v) is 9.52. The molecule has 2 aliphatic rings. The van der Waals surface area contributed by atoms with Crippen LogP contribution < -0.4 is 20.8 Å². The van der Waals surface area contributed by atoms with Crippen LogP contribution in [0.1, 0.15) is 6.42 Å². The van der Waals surface area contributed by atoms with E-state index in [2.05, 4.69) is 10.1 Å². The lowest BCUT2D eigenvalue weighted by Gasteiger charge is -2.49. The second-order valence-electron chi connectivity index (χ2n) is 6.18.